The van der Waals surface area contributed by atoms with Crippen molar-refractivity contribution in [2.24, 2.45) is 0 Å². The fraction of sp³-hybridized carbons (Fsp3) is 0.400. The molecule has 5 nitrogen and oxygen atoms in total. The van der Waals surface area contributed by atoms with Crippen LogP contribution in [0.3, 0.4) is 0 Å². The van der Waals surface area contributed by atoms with Gasteiger partial charge in [0.05, 0.1) is 5.76 Å². The van der Waals surface area contributed by atoms with E-state index in [1.807, 2.05) is 0 Å². The maximum atomic E-state index is 10.8. The van der Waals surface area contributed by atoms with Gasteiger partial charge in [0.2, 0.25) is 0 Å². The molecule has 0 fully saturated rings. The van der Waals surface area contributed by atoms with Gasteiger partial charge in [0.15, 0.2) is 0 Å². The molecule has 6 heteroatoms. The molecule has 0 aromatic rings. The molecule has 0 aliphatic rings. The first-order chi connectivity index (χ1) is 6.93. The van der Waals surface area contributed by atoms with Crippen molar-refractivity contribution >= 4 is 30.8 Å². The van der Waals surface area contributed by atoms with E-state index in [1.165, 1.54) is 6.92 Å². The molecule has 16 heavy (non-hydrogen) atoms. The average Bonchev–Trinajstić information content (AvgIpc) is 2.10. The molecule has 0 heterocycles. The van der Waals surface area contributed by atoms with Gasteiger partial charge in [-0.25, -0.2) is 4.79 Å². The molecule has 0 saturated heterocycles. The minimum absolute atomic E-state index is 0. The summed E-state index contributed by atoms with van der Waals surface area (Å²) >= 11 is 0. The number of esters is 2. The van der Waals surface area contributed by atoms with Crippen molar-refractivity contribution in [2.75, 3.05) is 13.2 Å². The van der Waals surface area contributed by atoms with Crippen LogP contribution in [0.1, 0.15) is 13.3 Å². The summed E-state index contributed by atoms with van der Waals surface area (Å²) < 4.78 is 9.27. The third-order valence-electron chi connectivity index (χ3n) is 1.28. The Labute approximate surface area is 106 Å². The molecule has 0 aliphatic carbocycles. The second-order valence-corrected chi connectivity index (χ2v) is 2.88. The summed E-state index contributed by atoms with van der Waals surface area (Å²) in [5.74, 6) is -1.41. The number of carbonyl (C=O) groups is 2. The van der Waals surface area contributed by atoms with Crippen LogP contribution in [0.5, 0.6) is 0 Å². The Bertz CT molecular complexity index is 285. The number of hydrogen-bond donors (Lipinski definition) is 1. The molecule has 0 aliphatic heterocycles. The Hall–Kier alpha value is -1.18. The predicted octanol–water partition coefficient (Wildman–Crippen LogP) is 0.462. The normalized spacial score (nSPS) is 8.56. The molecule has 1 N–H and O–H groups in total. The first kappa shape index (κ1) is 17.2. The predicted molar refractivity (Wildman–Crippen MR) is 60.3 cm³/mol. The van der Waals surface area contributed by atoms with Crippen LogP contribution in [0.25, 0.3) is 0 Å². The summed E-state index contributed by atoms with van der Waals surface area (Å²) in [5, 5.41) is 8.65. The van der Waals surface area contributed by atoms with Gasteiger partial charge in [-0.2, -0.15) is 0 Å². The molecular formula is C10H15LiO5. The van der Waals surface area contributed by atoms with Gasteiger partial charge in [0.25, 0.3) is 0 Å². The molecular weight excluding hydrogens is 207 g/mol. The Morgan fingerprint density at radius 1 is 1.19 bits per heavy atom. The van der Waals surface area contributed by atoms with Crippen LogP contribution in [0.15, 0.2) is 24.5 Å². The monoisotopic (exact) mass is 222 g/mol. The number of aliphatic hydroxyl groups is 1. The van der Waals surface area contributed by atoms with Crippen molar-refractivity contribution in [1.29, 1.82) is 0 Å². The first-order valence-electron chi connectivity index (χ1n) is 4.28. The van der Waals surface area contributed by atoms with Gasteiger partial charge >= 0.3 is 30.8 Å². The van der Waals surface area contributed by atoms with Crippen LogP contribution in [0.4, 0.5) is 0 Å². The van der Waals surface area contributed by atoms with Crippen LogP contribution in [0.2, 0.25) is 0 Å². The van der Waals surface area contributed by atoms with Gasteiger partial charge in [0.1, 0.15) is 19.6 Å². The van der Waals surface area contributed by atoms with Crippen LogP contribution in [0, 0.1) is 0 Å². The third-order valence-corrected chi connectivity index (χ3v) is 1.28. The number of hydrogen-bond acceptors (Lipinski definition) is 5. The van der Waals surface area contributed by atoms with E-state index in [2.05, 4.69) is 22.6 Å². The molecule has 0 aromatic heterocycles. The quantitative estimate of drug-likeness (QED) is 0.232. The molecule has 0 radical (unpaired) electrons. The second kappa shape index (κ2) is 9.07. The number of rotatable bonds is 6. The van der Waals surface area contributed by atoms with Crippen molar-refractivity contribution in [3.63, 3.8) is 0 Å². The fourth-order valence-corrected chi connectivity index (χ4v) is 0.631. The van der Waals surface area contributed by atoms with Gasteiger partial charge in [-0.3, -0.25) is 4.79 Å². The van der Waals surface area contributed by atoms with Crippen molar-refractivity contribution in [1.82, 2.24) is 0 Å². The van der Waals surface area contributed by atoms with Gasteiger partial charge < -0.3 is 14.6 Å². The SMILES string of the molecule is C=C(O)CC(=O)OCCOC(=O)C(=C)C.[LiH]. The topological polar surface area (TPSA) is 72.8 Å². The molecule has 0 atom stereocenters. The zero-order valence-electron chi connectivity index (χ0n) is 8.62. The van der Waals surface area contributed by atoms with Gasteiger partial charge in [-0.1, -0.05) is 13.2 Å². The van der Waals surface area contributed by atoms with Crippen LogP contribution < -0.4 is 0 Å². The van der Waals surface area contributed by atoms with Crippen molar-refractivity contribution in [3.05, 3.63) is 24.5 Å². The summed E-state index contributed by atoms with van der Waals surface area (Å²) in [6, 6.07) is 0. The third kappa shape index (κ3) is 9.38. The number of carbonyl (C=O) groups excluding carboxylic acids is 2. The van der Waals surface area contributed by atoms with Crippen LogP contribution in [-0.2, 0) is 19.1 Å². The Kier molecular flexibility index (Phi) is 9.76. The summed E-state index contributed by atoms with van der Waals surface area (Å²) in [6.45, 7) is 7.95. The van der Waals surface area contributed by atoms with E-state index >= 15 is 0 Å². The molecule has 0 bridgehead atoms. The average molecular weight is 222 g/mol. The summed E-state index contributed by atoms with van der Waals surface area (Å²) in [5.41, 5.74) is 0.282. The van der Waals surface area contributed by atoms with E-state index in [-0.39, 0.29) is 49.8 Å². The zero-order chi connectivity index (χ0) is 11.8. The van der Waals surface area contributed by atoms with E-state index in [9.17, 15) is 9.59 Å². The standard InChI is InChI=1S/C10H14O5.Li.H/c1-7(2)10(13)15-5-4-14-9(12)6-8(3)11;;/h11H,1,3-6H2,2H3;;. The van der Waals surface area contributed by atoms with Crippen LogP contribution in [-0.4, -0.2) is 49.1 Å². The van der Waals surface area contributed by atoms with Crippen molar-refractivity contribution in [3.8, 4) is 0 Å². The summed E-state index contributed by atoms with van der Waals surface area (Å²) in [7, 11) is 0. The Balaban J connectivity index is 0. The minimum atomic E-state index is -0.617. The summed E-state index contributed by atoms with van der Waals surface area (Å²) in [4.78, 5) is 21.7. The van der Waals surface area contributed by atoms with E-state index in [1.54, 1.807) is 0 Å². The fourth-order valence-electron chi connectivity index (χ4n) is 0.631. The number of ether oxygens (including phenoxy) is 2. The van der Waals surface area contributed by atoms with Gasteiger partial charge in [-0.15, -0.1) is 0 Å². The zero-order valence-corrected chi connectivity index (χ0v) is 8.62. The van der Waals surface area contributed by atoms with Gasteiger partial charge in [-0.05, 0) is 6.92 Å². The van der Waals surface area contributed by atoms with Gasteiger partial charge in [0, 0.05) is 5.57 Å². The Morgan fingerprint density at radius 2 is 1.69 bits per heavy atom. The molecule has 0 aromatic carbocycles. The molecule has 86 valence electrons. The molecule has 0 rings (SSSR count). The maximum absolute atomic E-state index is 10.8. The van der Waals surface area contributed by atoms with E-state index < -0.39 is 11.9 Å². The second-order valence-electron chi connectivity index (χ2n) is 2.88. The van der Waals surface area contributed by atoms with Crippen molar-refractivity contribution < 1.29 is 24.2 Å². The molecule has 0 amide bonds. The van der Waals surface area contributed by atoms with E-state index in [4.69, 9.17) is 5.11 Å². The van der Waals surface area contributed by atoms with E-state index in [0.717, 1.165) is 0 Å². The Morgan fingerprint density at radius 3 is 2.12 bits per heavy atom. The molecule has 0 unspecified atom stereocenters. The van der Waals surface area contributed by atoms with Crippen LogP contribution >= 0.6 is 0 Å². The molecule has 0 saturated carbocycles. The summed E-state index contributed by atoms with van der Waals surface area (Å²) in [6.07, 6.45) is -0.256. The van der Waals surface area contributed by atoms with E-state index in [0.29, 0.717) is 0 Å². The molecule has 0 spiro atoms. The number of aliphatic hydroxyl groups excluding tert-OH is 1. The van der Waals surface area contributed by atoms with Crippen molar-refractivity contribution in [2.45, 2.75) is 13.3 Å². The first-order valence-corrected chi connectivity index (χ1v) is 4.28.